The van der Waals surface area contributed by atoms with Crippen LogP contribution in [0.3, 0.4) is 0 Å². The second-order valence-electron chi connectivity index (χ2n) is 3.44. The number of rotatable bonds is 4. The molecule has 3 nitrogen and oxygen atoms in total. The van der Waals surface area contributed by atoms with Crippen LogP contribution in [0.2, 0.25) is 0 Å². The van der Waals surface area contributed by atoms with Gasteiger partial charge in [-0.3, -0.25) is 0 Å². The quantitative estimate of drug-likeness (QED) is 0.717. The van der Waals surface area contributed by atoms with Crippen LogP contribution in [-0.2, 0) is 10.1 Å². The SMILES string of the molecule is CC(C)CS(=O)(=O)Oc1cc[c]cc1. The minimum Gasteiger partial charge on any atom is -0.382 e. The standard InChI is InChI=1S/C10H13O3S/c1-9(2)8-14(11,12)13-10-6-4-3-5-7-10/h4-7,9H,8H2,1-2H3. The van der Waals surface area contributed by atoms with Gasteiger partial charge in [0.15, 0.2) is 0 Å². The number of hydrogen-bond donors (Lipinski definition) is 0. The van der Waals surface area contributed by atoms with E-state index in [2.05, 4.69) is 6.07 Å². The Kier molecular flexibility index (Phi) is 3.52. The Morgan fingerprint density at radius 1 is 1.36 bits per heavy atom. The van der Waals surface area contributed by atoms with E-state index < -0.39 is 10.1 Å². The Hall–Kier alpha value is -1.03. The average Bonchev–Trinajstić information content (AvgIpc) is 2.02. The van der Waals surface area contributed by atoms with E-state index in [-0.39, 0.29) is 11.7 Å². The molecule has 1 aromatic carbocycles. The van der Waals surface area contributed by atoms with Crippen molar-refractivity contribution < 1.29 is 12.6 Å². The van der Waals surface area contributed by atoms with Crippen molar-refractivity contribution in [1.29, 1.82) is 0 Å². The molecule has 1 rings (SSSR count). The van der Waals surface area contributed by atoms with Gasteiger partial charge in [0.1, 0.15) is 5.75 Å². The first-order valence-corrected chi connectivity index (χ1v) is 5.95. The third-order valence-corrected chi connectivity index (χ3v) is 2.97. The minimum absolute atomic E-state index is 0.0333. The van der Waals surface area contributed by atoms with Crippen LogP contribution >= 0.6 is 0 Å². The summed E-state index contributed by atoms with van der Waals surface area (Å²) < 4.78 is 27.6. The van der Waals surface area contributed by atoms with Gasteiger partial charge in [-0.05, 0) is 24.1 Å². The topological polar surface area (TPSA) is 43.4 Å². The van der Waals surface area contributed by atoms with Crippen LogP contribution in [0.4, 0.5) is 0 Å². The lowest BCUT2D eigenvalue weighted by molar-refractivity contribution is 0.477. The van der Waals surface area contributed by atoms with E-state index in [4.69, 9.17) is 4.18 Å². The van der Waals surface area contributed by atoms with Crippen molar-refractivity contribution in [2.75, 3.05) is 5.75 Å². The Labute approximate surface area is 84.8 Å². The lowest BCUT2D eigenvalue weighted by atomic mass is 10.3. The Morgan fingerprint density at radius 3 is 2.43 bits per heavy atom. The lowest BCUT2D eigenvalue weighted by Gasteiger charge is -2.08. The van der Waals surface area contributed by atoms with E-state index in [1.54, 1.807) is 24.3 Å². The minimum atomic E-state index is -3.45. The Balaban J connectivity index is 2.70. The summed E-state index contributed by atoms with van der Waals surface area (Å²) in [7, 11) is -3.45. The molecule has 1 aromatic rings. The molecule has 0 saturated carbocycles. The first-order valence-electron chi connectivity index (χ1n) is 4.38. The van der Waals surface area contributed by atoms with E-state index in [0.717, 1.165) is 0 Å². The summed E-state index contributed by atoms with van der Waals surface area (Å²) in [4.78, 5) is 0. The van der Waals surface area contributed by atoms with Crippen molar-refractivity contribution in [1.82, 2.24) is 0 Å². The van der Waals surface area contributed by atoms with Gasteiger partial charge in [-0.15, -0.1) is 0 Å². The van der Waals surface area contributed by atoms with E-state index in [9.17, 15) is 8.42 Å². The van der Waals surface area contributed by atoms with Gasteiger partial charge in [-0.1, -0.05) is 26.0 Å². The summed E-state index contributed by atoms with van der Waals surface area (Å²) in [5, 5.41) is 0. The summed E-state index contributed by atoms with van der Waals surface area (Å²) in [6.45, 7) is 3.67. The maximum Gasteiger partial charge on any atom is 0.309 e. The molecule has 0 heterocycles. The van der Waals surface area contributed by atoms with Gasteiger partial charge in [0.05, 0.1) is 5.75 Å². The first kappa shape index (κ1) is 11.0. The van der Waals surface area contributed by atoms with Gasteiger partial charge in [-0.25, -0.2) is 0 Å². The van der Waals surface area contributed by atoms with Crippen LogP contribution in [0.5, 0.6) is 5.75 Å². The summed E-state index contributed by atoms with van der Waals surface area (Å²) in [5.74, 6) is 0.436. The molecule has 0 amide bonds. The van der Waals surface area contributed by atoms with Crippen LogP contribution < -0.4 is 4.18 Å². The molecule has 77 valence electrons. The third-order valence-electron chi connectivity index (χ3n) is 1.45. The van der Waals surface area contributed by atoms with Gasteiger partial charge in [0.2, 0.25) is 0 Å². The summed E-state index contributed by atoms with van der Waals surface area (Å²) in [6, 6.07) is 9.14. The van der Waals surface area contributed by atoms with Crippen molar-refractivity contribution in [3.8, 4) is 5.75 Å². The zero-order valence-corrected chi connectivity index (χ0v) is 9.04. The first-order chi connectivity index (χ1) is 6.49. The van der Waals surface area contributed by atoms with Crippen LogP contribution in [0, 0.1) is 12.0 Å². The monoisotopic (exact) mass is 213 g/mol. The second kappa shape index (κ2) is 4.46. The molecule has 0 unspecified atom stereocenters. The van der Waals surface area contributed by atoms with Gasteiger partial charge in [0.25, 0.3) is 0 Å². The summed E-state index contributed by atoms with van der Waals surface area (Å²) in [5.41, 5.74) is 0. The predicted molar refractivity (Wildman–Crippen MR) is 54.5 cm³/mol. The average molecular weight is 213 g/mol. The normalized spacial score (nSPS) is 11.6. The highest BCUT2D eigenvalue weighted by atomic mass is 32.2. The molecule has 0 spiro atoms. The van der Waals surface area contributed by atoms with Crippen molar-refractivity contribution in [3.63, 3.8) is 0 Å². The number of hydrogen-bond acceptors (Lipinski definition) is 3. The highest BCUT2D eigenvalue weighted by Crippen LogP contribution is 2.12. The Bertz CT molecular complexity index is 368. The smallest absolute Gasteiger partial charge is 0.309 e. The van der Waals surface area contributed by atoms with Gasteiger partial charge < -0.3 is 4.18 Å². The largest absolute Gasteiger partial charge is 0.382 e. The van der Waals surface area contributed by atoms with E-state index in [1.165, 1.54) is 0 Å². The van der Waals surface area contributed by atoms with Gasteiger partial charge >= 0.3 is 10.1 Å². The molecule has 0 fully saturated rings. The molecular weight excluding hydrogens is 200 g/mol. The molecule has 0 atom stereocenters. The highest BCUT2D eigenvalue weighted by Gasteiger charge is 2.14. The van der Waals surface area contributed by atoms with E-state index in [0.29, 0.717) is 5.75 Å². The zero-order valence-electron chi connectivity index (χ0n) is 8.23. The fourth-order valence-electron chi connectivity index (χ4n) is 1.02. The third kappa shape index (κ3) is 3.79. The fourth-order valence-corrected chi connectivity index (χ4v) is 2.30. The van der Waals surface area contributed by atoms with Crippen LogP contribution in [0.15, 0.2) is 24.3 Å². The molecule has 1 radical (unpaired) electrons. The van der Waals surface area contributed by atoms with Gasteiger partial charge in [0, 0.05) is 0 Å². The summed E-state index contributed by atoms with van der Waals surface area (Å²) in [6.07, 6.45) is 0. The van der Waals surface area contributed by atoms with Crippen molar-refractivity contribution >= 4 is 10.1 Å². The van der Waals surface area contributed by atoms with Crippen molar-refractivity contribution in [2.45, 2.75) is 13.8 Å². The lowest BCUT2D eigenvalue weighted by Crippen LogP contribution is -2.17. The molecule has 0 bridgehead atoms. The van der Waals surface area contributed by atoms with Crippen LogP contribution in [-0.4, -0.2) is 14.2 Å². The second-order valence-corrected chi connectivity index (χ2v) is 5.05. The molecule has 0 aliphatic carbocycles. The van der Waals surface area contributed by atoms with Crippen LogP contribution in [0.25, 0.3) is 0 Å². The predicted octanol–water partition coefficient (Wildman–Crippen LogP) is 1.85. The van der Waals surface area contributed by atoms with Crippen LogP contribution in [0.1, 0.15) is 13.8 Å². The number of benzene rings is 1. The van der Waals surface area contributed by atoms with E-state index in [1.807, 2.05) is 13.8 Å². The Morgan fingerprint density at radius 2 is 1.93 bits per heavy atom. The zero-order chi connectivity index (χ0) is 10.6. The molecule has 14 heavy (non-hydrogen) atoms. The maximum atomic E-state index is 11.4. The van der Waals surface area contributed by atoms with Gasteiger partial charge in [-0.2, -0.15) is 8.42 Å². The van der Waals surface area contributed by atoms with Crippen molar-refractivity contribution in [2.24, 2.45) is 5.92 Å². The molecule has 4 heteroatoms. The maximum absolute atomic E-state index is 11.4. The fraction of sp³-hybridized carbons (Fsp3) is 0.400. The highest BCUT2D eigenvalue weighted by molar-refractivity contribution is 7.87. The molecule has 0 N–H and O–H groups in total. The summed E-state index contributed by atoms with van der Waals surface area (Å²) >= 11 is 0. The molecule has 0 aliphatic rings. The van der Waals surface area contributed by atoms with Crippen molar-refractivity contribution in [3.05, 3.63) is 30.3 Å². The molecular formula is C10H13O3S. The molecule has 0 saturated heterocycles. The molecule has 0 aliphatic heterocycles. The molecule has 0 aromatic heterocycles. The van der Waals surface area contributed by atoms with E-state index >= 15 is 0 Å².